The smallest absolute Gasteiger partial charge is 0.338 e. The fourth-order valence-corrected chi connectivity index (χ4v) is 2.38. The summed E-state index contributed by atoms with van der Waals surface area (Å²) in [6, 6.07) is 9.06. The minimum atomic E-state index is -0.318. The summed E-state index contributed by atoms with van der Waals surface area (Å²) in [5.74, 6) is -0.318. The van der Waals surface area contributed by atoms with E-state index in [0.29, 0.717) is 17.3 Å². The number of hydrogen-bond donors (Lipinski definition) is 0. The van der Waals surface area contributed by atoms with Crippen LogP contribution in [-0.4, -0.2) is 17.6 Å². The van der Waals surface area contributed by atoms with Gasteiger partial charge in [0, 0.05) is 15.3 Å². The zero-order valence-electron chi connectivity index (χ0n) is 10.2. The third-order valence-electron chi connectivity index (χ3n) is 2.52. The van der Waals surface area contributed by atoms with Gasteiger partial charge < -0.3 is 4.74 Å². The first kappa shape index (κ1) is 14.3. The van der Waals surface area contributed by atoms with Crippen LogP contribution >= 0.6 is 34.2 Å². The Bertz CT molecular complexity index is 599. The number of pyridine rings is 1. The van der Waals surface area contributed by atoms with Crippen LogP contribution in [0.25, 0.3) is 11.1 Å². The molecule has 0 unspecified atom stereocenters. The van der Waals surface area contributed by atoms with Crippen molar-refractivity contribution in [3.63, 3.8) is 0 Å². The molecular formula is C14H11ClINO2. The highest BCUT2D eigenvalue weighted by molar-refractivity contribution is 14.1. The van der Waals surface area contributed by atoms with E-state index in [1.807, 2.05) is 18.2 Å². The van der Waals surface area contributed by atoms with E-state index in [1.54, 1.807) is 25.3 Å². The highest BCUT2D eigenvalue weighted by Gasteiger charge is 2.11. The molecule has 0 aliphatic rings. The molecule has 5 heteroatoms. The summed E-state index contributed by atoms with van der Waals surface area (Å²) in [5.41, 5.74) is 2.39. The monoisotopic (exact) mass is 387 g/mol. The topological polar surface area (TPSA) is 39.2 Å². The van der Waals surface area contributed by atoms with Gasteiger partial charge in [-0.3, -0.25) is 0 Å². The summed E-state index contributed by atoms with van der Waals surface area (Å²) in [6.45, 7) is 2.15. The van der Waals surface area contributed by atoms with Crippen LogP contribution in [0.15, 0.2) is 36.5 Å². The van der Waals surface area contributed by atoms with Gasteiger partial charge in [0.1, 0.15) is 5.15 Å². The van der Waals surface area contributed by atoms with Gasteiger partial charge >= 0.3 is 5.97 Å². The Balaban J connectivity index is 2.42. The van der Waals surface area contributed by atoms with Gasteiger partial charge in [0.2, 0.25) is 0 Å². The van der Waals surface area contributed by atoms with Gasteiger partial charge in [0.05, 0.1) is 12.2 Å². The zero-order valence-corrected chi connectivity index (χ0v) is 13.1. The molecule has 0 aliphatic heterocycles. The normalized spacial score (nSPS) is 10.3. The molecule has 0 N–H and O–H groups in total. The lowest BCUT2D eigenvalue weighted by atomic mass is 10.1. The van der Waals surface area contributed by atoms with E-state index in [0.717, 1.165) is 14.7 Å². The molecule has 3 nitrogen and oxygen atoms in total. The molecule has 0 atom stereocenters. The molecule has 98 valence electrons. The number of nitrogens with zero attached hydrogens (tertiary/aromatic N) is 1. The Morgan fingerprint density at radius 2 is 2.16 bits per heavy atom. The Morgan fingerprint density at radius 3 is 2.79 bits per heavy atom. The predicted molar refractivity (Wildman–Crippen MR) is 83.4 cm³/mol. The maximum Gasteiger partial charge on any atom is 0.338 e. The lowest BCUT2D eigenvalue weighted by molar-refractivity contribution is 0.0526. The zero-order chi connectivity index (χ0) is 13.8. The van der Waals surface area contributed by atoms with Crippen molar-refractivity contribution in [1.29, 1.82) is 0 Å². The fourth-order valence-electron chi connectivity index (χ4n) is 1.62. The molecule has 2 aromatic rings. The molecular weight excluding hydrogens is 377 g/mol. The summed E-state index contributed by atoms with van der Waals surface area (Å²) in [6.07, 6.45) is 1.69. The molecule has 0 bridgehead atoms. The van der Waals surface area contributed by atoms with Crippen LogP contribution in [0.4, 0.5) is 0 Å². The number of esters is 1. The molecule has 1 heterocycles. The number of ether oxygens (including phenoxy) is 1. The molecule has 0 aliphatic carbocycles. The van der Waals surface area contributed by atoms with E-state index in [4.69, 9.17) is 16.3 Å². The van der Waals surface area contributed by atoms with E-state index in [-0.39, 0.29) is 5.97 Å². The molecule has 0 amide bonds. The van der Waals surface area contributed by atoms with E-state index in [9.17, 15) is 4.79 Å². The van der Waals surface area contributed by atoms with Crippen molar-refractivity contribution in [1.82, 2.24) is 4.98 Å². The van der Waals surface area contributed by atoms with Crippen molar-refractivity contribution in [2.24, 2.45) is 0 Å². The Kier molecular flexibility index (Phi) is 4.76. The molecule has 0 saturated carbocycles. The molecule has 0 fully saturated rings. The highest BCUT2D eigenvalue weighted by Crippen LogP contribution is 2.26. The van der Waals surface area contributed by atoms with Gasteiger partial charge in [-0.25, -0.2) is 9.78 Å². The second kappa shape index (κ2) is 6.34. The van der Waals surface area contributed by atoms with Gasteiger partial charge in [0.25, 0.3) is 0 Å². The first-order valence-corrected chi connectivity index (χ1v) is 7.16. The van der Waals surface area contributed by atoms with Crippen LogP contribution in [0, 0.1) is 3.57 Å². The van der Waals surface area contributed by atoms with Gasteiger partial charge in [0.15, 0.2) is 0 Å². The molecule has 1 aromatic heterocycles. The first-order valence-electron chi connectivity index (χ1n) is 5.70. The SMILES string of the molecule is CCOC(=O)c1ccc(I)c(-c2ccc(Cl)nc2)c1. The lowest BCUT2D eigenvalue weighted by Crippen LogP contribution is -2.05. The van der Waals surface area contributed by atoms with Gasteiger partial charge in [-0.15, -0.1) is 0 Å². The average molecular weight is 388 g/mol. The fraction of sp³-hybridized carbons (Fsp3) is 0.143. The largest absolute Gasteiger partial charge is 0.462 e. The molecule has 0 radical (unpaired) electrons. The van der Waals surface area contributed by atoms with Gasteiger partial charge in [-0.2, -0.15) is 0 Å². The number of carbonyl (C=O) groups excluding carboxylic acids is 1. The number of hydrogen-bond acceptors (Lipinski definition) is 3. The summed E-state index contributed by atoms with van der Waals surface area (Å²) < 4.78 is 6.04. The average Bonchev–Trinajstić information content (AvgIpc) is 2.41. The quantitative estimate of drug-likeness (QED) is 0.450. The lowest BCUT2D eigenvalue weighted by Gasteiger charge is -2.07. The van der Waals surface area contributed by atoms with Crippen LogP contribution in [0.3, 0.4) is 0 Å². The van der Waals surface area contributed by atoms with Crippen molar-refractivity contribution in [3.05, 3.63) is 50.8 Å². The van der Waals surface area contributed by atoms with Crippen molar-refractivity contribution < 1.29 is 9.53 Å². The van der Waals surface area contributed by atoms with Crippen LogP contribution in [0.1, 0.15) is 17.3 Å². The standard InChI is InChI=1S/C14H11ClINO2/c1-2-19-14(18)9-3-5-12(16)11(7-9)10-4-6-13(15)17-8-10/h3-8H,2H2,1H3. The van der Waals surface area contributed by atoms with Crippen LogP contribution in [0.2, 0.25) is 5.15 Å². The molecule has 0 spiro atoms. The number of aromatic nitrogens is 1. The van der Waals surface area contributed by atoms with Crippen molar-refractivity contribution in [2.45, 2.75) is 6.92 Å². The first-order chi connectivity index (χ1) is 9.11. The van der Waals surface area contributed by atoms with Crippen LogP contribution in [-0.2, 0) is 4.74 Å². The Morgan fingerprint density at radius 1 is 1.37 bits per heavy atom. The summed E-state index contributed by atoms with van der Waals surface area (Å²) in [5, 5.41) is 0.445. The third kappa shape index (κ3) is 3.45. The molecule has 2 rings (SSSR count). The van der Waals surface area contributed by atoms with Crippen LogP contribution < -0.4 is 0 Å². The summed E-state index contributed by atoms with van der Waals surface area (Å²) in [4.78, 5) is 15.8. The van der Waals surface area contributed by atoms with Gasteiger partial charge in [-0.1, -0.05) is 11.6 Å². The van der Waals surface area contributed by atoms with E-state index >= 15 is 0 Å². The molecule has 19 heavy (non-hydrogen) atoms. The summed E-state index contributed by atoms with van der Waals surface area (Å²) >= 11 is 8.00. The Labute approximate surface area is 130 Å². The number of carbonyl (C=O) groups is 1. The number of benzene rings is 1. The van der Waals surface area contributed by atoms with Crippen molar-refractivity contribution in [2.75, 3.05) is 6.61 Å². The molecule has 1 aromatic carbocycles. The van der Waals surface area contributed by atoms with Crippen molar-refractivity contribution in [3.8, 4) is 11.1 Å². The second-order valence-corrected chi connectivity index (χ2v) is 5.33. The number of halogens is 2. The second-order valence-electron chi connectivity index (χ2n) is 3.78. The maximum absolute atomic E-state index is 11.7. The third-order valence-corrected chi connectivity index (χ3v) is 3.68. The van der Waals surface area contributed by atoms with E-state index < -0.39 is 0 Å². The number of rotatable bonds is 3. The predicted octanol–water partition coefficient (Wildman–Crippen LogP) is 4.18. The minimum Gasteiger partial charge on any atom is -0.462 e. The van der Waals surface area contributed by atoms with Crippen LogP contribution in [0.5, 0.6) is 0 Å². The Hall–Kier alpha value is -1.14. The van der Waals surface area contributed by atoms with Gasteiger partial charge in [-0.05, 0) is 65.4 Å². The van der Waals surface area contributed by atoms with E-state index in [1.165, 1.54) is 0 Å². The van der Waals surface area contributed by atoms with E-state index in [2.05, 4.69) is 27.6 Å². The highest BCUT2D eigenvalue weighted by atomic mass is 127. The maximum atomic E-state index is 11.7. The molecule has 0 saturated heterocycles. The summed E-state index contributed by atoms with van der Waals surface area (Å²) in [7, 11) is 0. The minimum absolute atomic E-state index is 0.318. The van der Waals surface area contributed by atoms with Crippen molar-refractivity contribution >= 4 is 40.2 Å².